The standard InChI is InChI=1S/C12H12F2IN3O/c1-6(16-2)3-11-17-12(19-18-11)7-4-8(13)9(14)5-10(7)15/h4-6,16H,3H2,1-2H3. The molecule has 0 aliphatic heterocycles. The first-order chi connectivity index (χ1) is 9.01. The maximum Gasteiger partial charge on any atom is 0.259 e. The number of hydrogen-bond donors (Lipinski definition) is 1. The lowest BCUT2D eigenvalue weighted by Gasteiger charge is -2.04. The van der Waals surface area contributed by atoms with E-state index in [0.29, 0.717) is 21.4 Å². The van der Waals surface area contributed by atoms with Crippen LogP contribution in [0.25, 0.3) is 11.5 Å². The summed E-state index contributed by atoms with van der Waals surface area (Å²) in [6.07, 6.45) is 0.597. The van der Waals surface area contributed by atoms with E-state index >= 15 is 0 Å². The Morgan fingerprint density at radius 3 is 2.74 bits per heavy atom. The van der Waals surface area contributed by atoms with E-state index < -0.39 is 11.6 Å². The Labute approximate surface area is 122 Å². The molecule has 0 saturated heterocycles. The molecule has 0 fully saturated rings. The van der Waals surface area contributed by atoms with Gasteiger partial charge >= 0.3 is 0 Å². The predicted molar refractivity (Wildman–Crippen MR) is 74.6 cm³/mol. The lowest BCUT2D eigenvalue weighted by molar-refractivity contribution is 0.417. The largest absolute Gasteiger partial charge is 0.334 e. The highest BCUT2D eigenvalue weighted by Crippen LogP contribution is 2.26. The van der Waals surface area contributed by atoms with Crippen molar-refractivity contribution in [3.63, 3.8) is 0 Å². The molecule has 1 N–H and O–H groups in total. The molecule has 19 heavy (non-hydrogen) atoms. The lowest BCUT2D eigenvalue weighted by Crippen LogP contribution is -2.24. The third kappa shape index (κ3) is 3.27. The SMILES string of the molecule is CNC(C)Cc1noc(-c2cc(F)c(F)cc2I)n1. The zero-order valence-electron chi connectivity index (χ0n) is 10.4. The van der Waals surface area contributed by atoms with Crippen molar-refractivity contribution in [3.05, 3.63) is 33.2 Å². The van der Waals surface area contributed by atoms with Gasteiger partial charge in [-0.25, -0.2) is 8.78 Å². The van der Waals surface area contributed by atoms with Gasteiger partial charge in [-0.1, -0.05) is 5.16 Å². The van der Waals surface area contributed by atoms with Crippen LogP contribution in [0.15, 0.2) is 16.7 Å². The van der Waals surface area contributed by atoms with E-state index in [-0.39, 0.29) is 11.9 Å². The Kier molecular flexibility index (Phi) is 4.46. The number of nitrogens with one attached hydrogen (secondary N) is 1. The maximum absolute atomic E-state index is 13.2. The van der Waals surface area contributed by atoms with Crippen LogP contribution in [0.2, 0.25) is 0 Å². The predicted octanol–water partition coefficient (Wildman–Crippen LogP) is 2.77. The zero-order valence-corrected chi connectivity index (χ0v) is 12.5. The Bertz CT molecular complexity index is 588. The Morgan fingerprint density at radius 1 is 1.37 bits per heavy atom. The molecule has 1 atom stereocenters. The lowest BCUT2D eigenvalue weighted by atomic mass is 10.2. The van der Waals surface area contributed by atoms with Crippen LogP contribution in [0.3, 0.4) is 0 Å². The van der Waals surface area contributed by atoms with Crippen molar-refractivity contribution < 1.29 is 13.3 Å². The zero-order chi connectivity index (χ0) is 14.0. The molecule has 0 aliphatic carbocycles. The smallest absolute Gasteiger partial charge is 0.259 e. The van der Waals surface area contributed by atoms with Gasteiger partial charge in [-0.15, -0.1) is 0 Å². The quantitative estimate of drug-likeness (QED) is 0.656. The summed E-state index contributed by atoms with van der Waals surface area (Å²) in [5.41, 5.74) is 0.398. The first kappa shape index (κ1) is 14.3. The van der Waals surface area contributed by atoms with E-state index in [0.717, 1.165) is 12.1 Å². The van der Waals surface area contributed by atoms with Crippen LogP contribution in [0.1, 0.15) is 12.7 Å². The molecule has 1 unspecified atom stereocenters. The molecule has 0 radical (unpaired) electrons. The van der Waals surface area contributed by atoms with E-state index in [1.165, 1.54) is 0 Å². The monoisotopic (exact) mass is 379 g/mol. The Morgan fingerprint density at radius 2 is 2.05 bits per heavy atom. The van der Waals surface area contributed by atoms with E-state index in [9.17, 15) is 8.78 Å². The van der Waals surface area contributed by atoms with Crippen LogP contribution in [0.4, 0.5) is 8.78 Å². The average Bonchev–Trinajstić information content (AvgIpc) is 2.82. The van der Waals surface area contributed by atoms with Crippen molar-refractivity contribution in [1.29, 1.82) is 0 Å². The topological polar surface area (TPSA) is 51.0 Å². The molecule has 0 aliphatic rings. The van der Waals surface area contributed by atoms with Gasteiger partial charge in [-0.05, 0) is 48.7 Å². The summed E-state index contributed by atoms with van der Waals surface area (Å²) in [6, 6.07) is 2.37. The van der Waals surface area contributed by atoms with Crippen LogP contribution in [0.5, 0.6) is 0 Å². The molecule has 1 aromatic carbocycles. The van der Waals surface area contributed by atoms with Crippen LogP contribution in [0, 0.1) is 15.2 Å². The summed E-state index contributed by atoms with van der Waals surface area (Å²) in [5, 5.41) is 6.89. The molecule has 4 nitrogen and oxygen atoms in total. The molecule has 0 bridgehead atoms. The van der Waals surface area contributed by atoms with Gasteiger partial charge in [0.25, 0.3) is 5.89 Å². The van der Waals surface area contributed by atoms with E-state index in [1.54, 1.807) is 0 Å². The van der Waals surface area contributed by atoms with Gasteiger partial charge in [-0.2, -0.15) is 4.98 Å². The Hall–Kier alpha value is -1.09. The first-order valence-electron chi connectivity index (χ1n) is 5.66. The van der Waals surface area contributed by atoms with Crippen molar-refractivity contribution >= 4 is 22.6 Å². The molecule has 2 rings (SSSR count). The van der Waals surface area contributed by atoms with Gasteiger partial charge in [0, 0.05) is 16.0 Å². The minimum absolute atomic E-state index is 0.196. The first-order valence-corrected chi connectivity index (χ1v) is 6.74. The normalized spacial score (nSPS) is 12.7. The molecule has 2 aromatic rings. The molecule has 0 spiro atoms. The molecule has 1 heterocycles. The Balaban J connectivity index is 2.30. The second-order valence-corrected chi connectivity index (χ2v) is 5.32. The molecule has 1 aromatic heterocycles. The van der Waals surface area contributed by atoms with Crippen molar-refractivity contribution in [2.45, 2.75) is 19.4 Å². The van der Waals surface area contributed by atoms with Gasteiger partial charge in [0.15, 0.2) is 17.5 Å². The van der Waals surface area contributed by atoms with Crippen molar-refractivity contribution in [1.82, 2.24) is 15.5 Å². The molecule has 7 heteroatoms. The second kappa shape index (κ2) is 5.91. The number of hydrogen-bond acceptors (Lipinski definition) is 4. The number of halogens is 3. The minimum atomic E-state index is -0.932. The third-order valence-corrected chi connectivity index (χ3v) is 3.58. The molecule has 102 valence electrons. The fourth-order valence-electron chi connectivity index (χ4n) is 1.51. The van der Waals surface area contributed by atoms with Crippen LogP contribution >= 0.6 is 22.6 Å². The van der Waals surface area contributed by atoms with Gasteiger partial charge in [0.2, 0.25) is 0 Å². The summed E-state index contributed by atoms with van der Waals surface area (Å²) in [7, 11) is 1.84. The van der Waals surface area contributed by atoms with Crippen molar-refractivity contribution in [2.24, 2.45) is 0 Å². The summed E-state index contributed by atoms with van der Waals surface area (Å²) >= 11 is 1.90. The van der Waals surface area contributed by atoms with Crippen LogP contribution in [-0.2, 0) is 6.42 Å². The molecular weight excluding hydrogens is 367 g/mol. The molecule has 0 amide bonds. The summed E-state index contributed by atoms with van der Waals surface area (Å²) in [5.74, 6) is -1.10. The maximum atomic E-state index is 13.2. The van der Waals surface area contributed by atoms with E-state index in [2.05, 4.69) is 15.5 Å². The highest BCUT2D eigenvalue weighted by Gasteiger charge is 2.16. The van der Waals surface area contributed by atoms with E-state index in [4.69, 9.17) is 4.52 Å². The number of rotatable bonds is 4. The second-order valence-electron chi connectivity index (χ2n) is 4.16. The van der Waals surface area contributed by atoms with Gasteiger partial charge in [0.1, 0.15) is 0 Å². The number of aromatic nitrogens is 2. The fourth-order valence-corrected chi connectivity index (χ4v) is 2.17. The van der Waals surface area contributed by atoms with Crippen LogP contribution in [-0.4, -0.2) is 23.2 Å². The molecule has 0 saturated carbocycles. The number of likely N-dealkylation sites (N-methyl/N-ethyl adjacent to an activating group) is 1. The van der Waals surface area contributed by atoms with Crippen molar-refractivity contribution in [2.75, 3.05) is 7.05 Å². The van der Waals surface area contributed by atoms with Gasteiger partial charge < -0.3 is 9.84 Å². The highest BCUT2D eigenvalue weighted by atomic mass is 127. The minimum Gasteiger partial charge on any atom is -0.334 e. The fraction of sp³-hybridized carbons (Fsp3) is 0.333. The number of nitrogens with zero attached hydrogens (tertiary/aromatic N) is 2. The molecular formula is C12H12F2IN3O. The van der Waals surface area contributed by atoms with Gasteiger partial charge in [0.05, 0.1) is 5.56 Å². The summed E-state index contributed by atoms with van der Waals surface area (Å²) in [6.45, 7) is 1.98. The van der Waals surface area contributed by atoms with Crippen molar-refractivity contribution in [3.8, 4) is 11.5 Å². The van der Waals surface area contributed by atoms with E-state index in [1.807, 2.05) is 36.6 Å². The van der Waals surface area contributed by atoms with Gasteiger partial charge in [-0.3, -0.25) is 0 Å². The summed E-state index contributed by atoms with van der Waals surface area (Å²) < 4.78 is 31.9. The highest BCUT2D eigenvalue weighted by molar-refractivity contribution is 14.1. The third-order valence-electron chi connectivity index (χ3n) is 2.69. The van der Waals surface area contributed by atoms with Crippen LogP contribution < -0.4 is 5.32 Å². The average molecular weight is 379 g/mol. The summed E-state index contributed by atoms with van der Waals surface area (Å²) in [4.78, 5) is 4.19. The number of benzene rings is 1.